The molecule has 5 heteroatoms. The molecule has 3 aromatic rings. The van der Waals surface area contributed by atoms with Gasteiger partial charge in [-0.1, -0.05) is 12.1 Å². The Morgan fingerprint density at radius 1 is 1.16 bits per heavy atom. The number of nitrogens with zero attached hydrogens (tertiary/aromatic N) is 1. The molecule has 3 N–H and O–H groups in total. The quantitative estimate of drug-likeness (QED) is 0.656. The Morgan fingerprint density at radius 3 is 2.68 bits per heavy atom. The van der Waals surface area contributed by atoms with Gasteiger partial charge in [-0.3, -0.25) is 0 Å². The van der Waals surface area contributed by atoms with E-state index in [4.69, 9.17) is 5.11 Å². The molecule has 5 nitrogen and oxygen atoms in total. The number of hydrogen-bond donors (Lipinski definition) is 3. The fourth-order valence-corrected chi connectivity index (χ4v) is 1.94. The number of carbonyl (C=O) groups is 1. The van der Waals surface area contributed by atoms with Crippen LogP contribution in [0.15, 0.2) is 42.5 Å². The van der Waals surface area contributed by atoms with Gasteiger partial charge in [0, 0.05) is 5.56 Å². The zero-order chi connectivity index (χ0) is 13.4. The molecular weight excluding hydrogens is 244 g/mol. The molecule has 2 aromatic carbocycles. The highest BCUT2D eigenvalue weighted by molar-refractivity contribution is 5.92. The van der Waals surface area contributed by atoms with E-state index in [2.05, 4.69) is 9.97 Å². The van der Waals surface area contributed by atoms with E-state index in [-0.39, 0.29) is 11.3 Å². The van der Waals surface area contributed by atoms with E-state index in [0.717, 1.165) is 11.0 Å². The van der Waals surface area contributed by atoms with E-state index in [9.17, 15) is 9.90 Å². The molecular formula is C14H10N2O3. The number of aromatic amines is 1. The second-order valence-corrected chi connectivity index (χ2v) is 4.14. The Hall–Kier alpha value is -2.82. The van der Waals surface area contributed by atoms with Crippen molar-refractivity contribution in [3.63, 3.8) is 0 Å². The number of carboxylic acids is 1. The molecule has 0 amide bonds. The number of aromatic carboxylic acids is 1. The minimum absolute atomic E-state index is 0.141. The molecule has 0 atom stereocenters. The van der Waals surface area contributed by atoms with Gasteiger partial charge in [0.15, 0.2) is 0 Å². The van der Waals surface area contributed by atoms with Gasteiger partial charge in [0.25, 0.3) is 0 Å². The van der Waals surface area contributed by atoms with Crippen LogP contribution < -0.4 is 0 Å². The normalized spacial score (nSPS) is 10.7. The van der Waals surface area contributed by atoms with Crippen LogP contribution in [0.5, 0.6) is 5.75 Å². The van der Waals surface area contributed by atoms with Crippen LogP contribution in [-0.4, -0.2) is 26.2 Å². The summed E-state index contributed by atoms with van der Waals surface area (Å²) in [7, 11) is 0. The Balaban J connectivity index is 2.16. The Morgan fingerprint density at radius 2 is 1.95 bits per heavy atom. The summed E-state index contributed by atoms with van der Waals surface area (Å²) in [5, 5.41) is 18.5. The molecule has 19 heavy (non-hydrogen) atoms. The number of carboxylic acid groups (broad SMARTS) is 1. The van der Waals surface area contributed by atoms with Crippen LogP contribution >= 0.6 is 0 Å². The molecule has 0 aliphatic heterocycles. The third-order valence-corrected chi connectivity index (χ3v) is 2.89. The van der Waals surface area contributed by atoms with Crippen LogP contribution in [0.3, 0.4) is 0 Å². The Labute approximate surface area is 108 Å². The third-order valence-electron chi connectivity index (χ3n) is 2.89. The zero-order valence-electron chi connectivity index (χ0n) is 9.79. The highest BCUT2D eigenvalue weighted by atomic mass is 16.4. The number of H-pyrrole nitrogens is 1. The predicted molar refractivity (Wildman–Crippen MR) is 70.2 cm³/mol. The van der Waals surface area contributed by atoms with Gasteiger partial charge < -0.3 is 15.2 Å². The molecule has 3 rings (SSSR count). The van der Waals surface area contributed by atoms with Crippen LogP contribution in [-0.2, 0) is 0 Å². The van der Waals surface area contributed by atoms with Gasteiger partial charge >= 0.3 is 5.97 Å². The predicted octanol–water partition coefficient (Wildman–Crippen LogP) is 2.63. The molecule has 0 saturated carbocycles. The van der Waals surface area contributed by atoms with Crippen LogP contribution in [0.25, 0.3) is 22.4 Å². The summed E-state index contributed by atoms with van der Waals surface area (Å²) in [4.78, 5) is 18.5. The maximum atomic E-state index is 11.0. The van der Waals surface area contributed by atoms with E-state index >= 15 is 0 Å². The molecule has 1 heterocycles. The van der Waals surface area contributed by atoms with Crippen molar-refractivity contribution < 1.29 is 15.0 Å². The largest absolute Gasteiger partial charge is 0.507 e. The first-order chi connectivity index (χ1) is 9.15. The van der Waals surface area contributed by atoms with Gasteiger partial charge in [-0.25, -0.2) is 9.78 Å². The highest BCUT2D eigenvalue weighted by Gasteiger charge is 2.12. The SMILES string of the molecule is O=C(O)c1cc(-c2nc3ccccc3[nH]2)ccc1O. The summed E-state index contributed by atoms with van der Waals surface area (Å²) < 4.78 is 0. The fraction of sp³-hybridized carbons (Fsp3) is 0. The molecule has 0 unspecified atom stereocenters. The van der Waals surface area contributed by atoms with Crippen LogP contribution in [0.4, 0.5) is 0 Å². The van der Waals surface area contributed by atoms with Gasteiger partial charge in [-0.05, 0) is 30.3 Å². The first kappa shape index (κ1) is 11.3. The summed E-state index contributed by atoms with van der Waals surface area (Å²) in [5.74, 6) is -0.855. The van der Waals surface area contributed by atoms with Crippen molar-refractivity contribution in [1.29, 1.82) is 0 Å². The molecule has 0 aliphatic rings. The first-order valence-electron chi connectivity index (χ1n) is 5.66. The van der Waals surface area contributed by atoms with Crippen molar-refractivity contribution in [1.82, 2.24) is 9.97 Å². The Bertz CT molecular complexity index is 744. The van der Waals surface area contributed by atoms with Gasteiger partial charge in [0.2, 0.25) is 0 Å². The molecule has 94 valence electrons. The topological polar surface area (TPSA) is 86.2 Å². The summed E-state index contributed by atoms with van der Waals surface area (Å²) >= 11 is 0. The Kier molecular flexibility index (Phi) is 2.45. The number of imidazole rings is 1. The van der Waals surface area contributed by atoms with Crippen molar-refractivity contribution in [2.45, 2.75) is 0 Å². The van der Waals surface area contributed by atoms with E-state index in [1.165, 1.54) is 12.1 Å². The number of aromatic nitrogens is 2. The van der Waals surface area contributed by atoms with Crippen molar-refractivity contribution in [2.75, 3.05) is 0 Å². The maximum absolute atomic E-state index is 11.0. The van der Waals surface area contributed by atoms with Gasteiger partial charge in [-0.15, -0.1) is 0 Å². The van der Waals surface area contributed by atoms with Crippen LogP contribution in [0.2, 0.25) is 0 Å². The van der Waals surface area contributed by atoms with E-state index in [1.54, 1.807) is 6.07 Å². The molecule has 0 saturated heterocycles. The molecule has 0 aliphatic carbocycles. The average Bonchev–Trinajstić information content (AvgIpc) is 2.82. The van der Waals surface area contributed by atoms with Crippen molar-refractivity contribution in [3.8, 4) is 17.1 Å². The van der Waals surface area contributed by atoms with E-state index < -0.39 is 5.97 Å². The van der Waals surface area contributed by atoms with Gasteiger partial charge in [0.1, 0.15) is 17.1 Å². The van der Waals surface area contributed by atoms with E-state index in [1.807, 2.05) is 24.3 Å². The second kappa shape index (κ2) is 4.13. The lowest BCUT2D eigenvalue weighted by atomic mass is 10.1. The third kappa shape index (κ3) is 1.91. The van der Waals surface area contributed by atoms with Crippen molar-refractivity contribution in [2.24, 2.45) is 0 Å². The molecule has 0 bridgehead atoms. The monoisotopic (exact) mass is 254 g/mol. The minimum atomic E-state index is -1.17. The number of rotatable bonds is 2. The molecule has 0 radical (unpaired) electrons. The number of hydrogen-bond acceptors (Lipinski definition) is 3. The molecule has 0 fully saturated rings. The molecule has 0 spiro atoms. The lowest BCUT2D eigenvalue weighted by molar-refractivity contribution is 0.0694. The van der Waals surface area contributed by atoms with Gasteiger partial charge in [0.05, 0.1) is 11.0 Å². The number of benzene rings is 2. The van der Waals surface area contributed by atoms with Crippen LogP contribution in [0.1, 0.15) is 10.4 Å². The smallest absolute Gasteiger partial charge is 0.339 e. The first-order valence-corrected chi connectivity index (χ1v) is 5.66. The summed E-state index contributed by atoms with van der Waals surface area (Å²) in [6, 6.07) is 11.9. The zero-order valence-corrected chi connectivity index (χ0v) is 9.79. The van der Waals surface area contributed by atoms with Gasteiger partial charge in [-0.2, -0.15) is 0 Å². The fourth-order valence-electron chi connectivity index (χ4n) is 1.94. The summed E-state index contributed by atoms with van der Waals surface area (Å²) in [6.07, 6.45) is 0. The number of para-hydroxylation sites is 2. The highest BCUT2D eigenvalue weighted by Crippen LogP contribution is 2.25. The number of fused-ring (bicyclic) bond motifs is 1. The molecule has 1 aromatic heterocycles. The maximum Gasteiger partial charge on any atom is 0.339 e. The summed E-state index contributed by atoms with van der Waals surface area (Å²) in [6.45, 7) is 0. The number of phenols is 1. The number of aromatic hydroxyl groups is 1. The minimum Gasteiger partial charge on any atom is -0.507 e. The van der Waals surface area contributed by atoms with Crippen molar-refractivity contribution in [3.05, 3.63) is 48.0 Å². The lowest BCUT2D eigenvalue weighted by Gasteiger charge is -2.01. The number of nitrogens with one attached hydrogen (secondary N) is 1. The van der Waals surface area contributed by atoms with Crippen LogP contribution in [0, 0.1) is 0 Å². The standard InChI is InChI=1S/C14H10N2O3/c17-12-6-5-8(7-9(12)14(18)19)13-15-10-3-1-2-4-11(10)16-13/h1-7,17H,(H,15,16)(H,18,19). The van der Waals surface area contributed by atoms with Crippen molar-refractivity contribution >= 4 is 17.0 Å². The second-order valence-electron chi connectivity index (χ2n) is 4.14. The summed E-state index contributed by atoms with van der Waals surface area (Å²) in [5.41, 5.74) is 2.16. The lowest BCUT2D eigenvalue weighted by Crippen LogP contribution is -1.97. The van der Waals surface area contributed by atoms with E-state index in [0.29, 0.717) is 11.4 Å². The average molecular weight is 254 g/mol.